The van der Waals surface area contributed by atoms with E-state index in [0.717, 1.165) is 6.42 Å². The van der Waals surface area contributed by atoms with Crippen molar-refractivity contribution in [2.24, 2.45) is 5.92 Å². The van der Waals surface area contributed by atoms with Gasteiger partial charge in [0.1, 0.15) is 12.0 Å². The fourth-order valence-electron chi connectivity index (χ4n) is 1.43. The Labute approximate surface area is 118 Å². The summed E-state index contributed by atoms with van der Waals surface area (Å²) in [4.78, 5) is 19.3. The van der Waals surface area contributed by atoms with E-state index in [-0.39, 0.29) is 11.8 Å². The molecule has 0 radical (unpaired) electrons. The minimum Gasteiger partial charge on any atom is -0.383 e. The minimum absolute atomic E-state index is 0.0181. The van der Waals surface area contributed by atoms with Gasteiger partial charge in [-0.25, -0.2) is 9.97 Å². The van der Waals surface area contributed by atoms with Crippen molar-refractivity contribution in [3.63, 3.8) is 0 Å². The number of aromatic nitrogens is 2. The van der Waals surface area contributed by atoms with E-state index in [2.05, 4.69) is 25.9 Å². The number of nitrogens with one attached hydrogen (secondary N) is 3. The smallest absolute Gasteiger partial charge is 0.222 e. The standard InChI is InChI=1S/C12H20ClN5O/c1-8(2)12(19)16-6-4-5-15-11-9(14-3)10(13)17-7-18-11/h7-8,14H,4-6H2,1-3H3,(H,16,19)(H,15,17,18). The number of rotatable bonds is 7. The van der Waals surface area contributed by atoms with Gasteiger partial charge in [-0.2, -0.15) is 0 Å². The lowest BCUT2D eigenvalue weighted by Gasteiger charge is -2.11. The molecule has 1 amide bonds. The van der Waals surface area contributed by atoms with Crippen LogP contribution in [0.1, 0.15) is 20.3 Å². The molecule has 6 nitrogen and oxygen atoms in total. The molecule has 0 aromatic carbocycles. The van der Waals surface area contributed by atoms with Crippen molar-refractivity contribution in [1.29, 1.82) is 0 Å². The summed E-state index contributed by atoms with van der Waals surface area (Å²) in [6, 6.07) is 0. The highest BCUT2D eigenvalue weighted by atomic mass is 35.5. The Morgan fingerprint density at radius 2 is 2.11 bits per heavy atom. The lowest BCUT2D eigenvalue weighted by atomic mass is 10.2. The number of carbonyl (C=O) groups is 1. The molecule has 0 aliphatic rings. The van der Waals surface area contributed by atoms with Gasteiger partial charge in [-0.15, -0.1) is 0 Å². The molecule has 7 heteroatoms. The van der Waals surface area contributed by atoms with Crippen LogP contribution in [0.25, 0.3) is 0 Å². The number of hydrogen-bond donors (Lipinski definition) is 3. The monoisotopic (exact) mass is 285 g/mol. The normalized spacial score (nSPS) is 10.4. The maximum atomic E-state index is 11.3. The SMILES string of the molecule is CNc1c(Cl)ncnc1NCCCNC(=O)C(C)C. The minimum atomic E-state index is 0.0181. The van der Waals surface area contributed by atoms with Gasteiger partial charge in [0.15, 0.2) is 11.0 Å². The van der Waals surface area contributed by atoms with Crippen LogP contribution in [0.3, 0.4) is 0 Å². The molecule has 1 aromatic rings. The molecule has 0 aliphatic carbocycles. The van der Waals surface area contributed by atoms with Crippen LogP contribution in [0, 0.1) is 5.92 Å². The van der Waals surface area contributed by atoms with Crippen LogP contribution in [0.15, 0.2) is 6.33 Å². The van der Waals surface area contributed by atoms with Gasteiger partial charge >= 0.3 is 0 Å². The summed E-state index contributed by atoms with van der Waals surface area (Å²) < 4.78 is 0. The van der Waals surface area contributed by atoms with E-state index in [9.17, 15) is 4.79 Å². The van der Waals surface area contributed by atoms with Crippen LogP contribution in [-0.2, 0) is 4.79 Å². The number of hydrogen-bond acceptors (Lipinski definition) is 5. The van der Waals surface area contributed by atoms with Gasteiger partial charge in [0, 0.05) is 26.1 Å². The van der Waals surface area contributed by atoms with Crippen LogP contribution >= 0.6 is 11.6 Å². The Bertz CT molecular complexity index is 425. The first-order valence-corrected chi connectivity index (χ1v) is 6.64. The average Bonchev–Trinajstić information content (AvgIpc) is 2.38. The van der Waals surface area contributed by atoms with Gasteiger partial charge in [-0.05, 0) is 6.42 Å². The number of amides is 1. The maximum Gasteiger partial charge on any atom is 0.222 e. The molecular formula is C12H20ClN5O. The molecule has 19 heavy (non-hydrogen) atoms. The third-order valence-electron chi connectivity index (χ3n) is 2.52. The van der Waals surface area contributed by atoms with E-state index in [4.69, 9.17) is 11.6 Å². The largest absolute Gasteiger partial charge is 0.383 e. The second kappa shape index (κ2) is 7.78. The molecular weight excluding hydrogens is 266 g/mol. The summed E-state index contributed by atoms with van der Waals surface area (Å²) in [6.45, 7) is 5.07. The van der Waals surface area contributed by atoms with Crippen molar-refractivity contribution in [2.45, 2.75) is 20.3 Å². The summed E-state index contributed by atoms with van der Waals surface area (Å²) in [6.07, 6.45) is 2.22. The summed E-state index contributed by atoms with van der Waals surface area (Å²) in [5.41, 5.74) is 0.676. The third kappa shape index (κ3) is 4.90. The first-order chi connectivity index (χ1) is 9.06. The van der Waals surface area contributed by atoms with Crippen molar-refractivity contribution >= 4 is 29.0 Å². The van der Waals surface area contributed by atoms with E-state index in [1.807, 2.05) is 13.8 Å². The summed E-state index contributed by atoms with van der Waals surface area (Å²) >= 11 is 5.94. The molecule has 0 fully saturated rings. The molecule has 0 spiro atoms. The summed E-state index contributed by atoms with van der Waals surface area (Å²) in [5.74, 6) is 0.753. The molecule has 0 aliphatic heterocycles. The van der Waals surface area contributed by atoms with Gasteiger partial charge in [0.2, 0.25) is 5.91 Å². The second-order valence-electron chi connectivity index (χ2n) is 4.36. The summed E-state index contributed by atoms with van der Waals surface area (Å²) in [5, 5.41) is 9.34. The van der Waals surface area contributed by atoms with Gasteiger partial charge in [-0.1, -0.05) is 25.4 Å². The van der Waals surface area contributed by atoms with Crippen molar-refractivity contribution in [2.75, 3.05) is 30.8 Å². The van der Waals surface area contributed by atoms with E-state index >= 15 is 0 Å². The Morgan fingerprint density at radius 3 is 2.74 bits per heavy atom. The van der Waals surface area contributed by atoms with Gasteiger partial charge in [0.25, 0.3) is 0 Å². The molecule has 1 rings (SSSR count). The Morgan fingerprint density at radius 1 is 1.37 bits per heavy atom. The highest BCUT2D eigenvalue weighted by Gasteiger charge is 2.08. The Balaban J connectivity index is 2.34. The van der Waals surface area contributed by atoms with Gasteiger partial charge in [-0.3, -0.25) is 4.79 Å². The zero-order valence-corrected chi connectivity index (χ0v) is 12.2. The summed E-state index contributed by atoms with van der Waals surface area (Å²) in [7, 11) is 1.76. The van der Waals surface area contributed by atoms with E-state index in [1.54, 1.807) is 7.05 Å². The van der Waals surface area contributed by atoms with Crippen molar-refractivity contribution < 1.29 is 4.79 Å². The molecule has 0 atom stereocenters. The van der Waals surface area contributed by atoms with Gasteiger partial charge in [0.05, 0.1) is 0 Å². The van der Waals surface area contributed by atoms with E-state index in [0.29, 0.717) is 29.7 Å². The van der Waals surface area contributed by atoms with E-state index < -0.39 is 0 Å². The molecule has 106 valence electrons. The molecule has 3 N–H and O–H groups in total. The zero-order valence-electron chi connectivity index (χ0n) is 11.5. The molecule has 0 saturated carbocycles. The fraction of sp³-hybridized carbons (Fsp3) is 0.583. The predicted octanol–water partition coefficient (Wildman–Crippen LogP) is 1.75. The quantitative estimate of drug-likeness (QED) is 0.525. The van der Waals surface area contributed by atoms with Crippen LogP contribution < -0.4 is 16.0 Å². The zero-order chi connectivity index (χ0) is 14.3. The topological polar surface area (TPSA) is 78.9 Å². The van der Waals surface area contributed by atoms with E-state index in [1.165, 1.54) is 6.33 Å². The molecule has 1 aromatic heterocycles. The molecule has 1 heterocycles. The molecule has 0 bridgehead atoms. The van der Waals surface area contributed by atoms with Gasteiger partial charge < -0.3 is 16.0 Å². The highest BCUT2D eigenvalue weighted by molar-refractivity contribution is 6.32. The van der Waals surface area contributed by atoms with Crippen molar-refractivity contribution in [1.82, 2.24) is 15.3 Å². The van der Waals surface area contributed by atoms with Crippen molar-refractivity contribution in [3.8, 4) is 0 Å². The third-order valence-corrected chi connectivity index (χ3v) is 2.81. The lowest BCUT2D eigenvalue weighted by molar-refractivity contribution is -0.123. The average molecular weight is 286 g/mol. The molecule has 0 unspecified atom stereocenters. The highest BCUT2D eigenvalue weighted by Crippen LogP contribution is 2.24. The Kier molecular flexibility index (Phi) is 6.35. The lowest BCUT2D eigenvalue weighted by Crippen LogP contribution is -2.29. The predicted molar refractivity (Wildman–Crippen MR) is 77.5 cm³/mol. The van der Waals surface area contributed by atoms with Crippen molar-refractivity contribution in [3.05, 3.63) is 11.5 Å². The van der Waals surface area contributed by atoms with Crippen LogP contribution in [0.2, 0.25) is 5.15 Å². The Hall–Kier alpha value is -1.56. The second-order valence-corrected chi connectivity index (χ2v) is 4.72. The van der Waals surface area contributed by atoms with Crippen LogP contribution in [-0.4, -0.2) is 36.0 Å². The number of carbonyl (C=O) groups excluding carboxylic acids is 1. The number of nitrogens with zero attached hydrogens (tertiary/aromatic N) is 2. The number of anilines is 2. The first-order valence-electron chi connectivity index (χ1n) is 6.26. The molecule has 0 saturated heterocycles. The van der Waals surface area contributed by atoms with Crippen LogP contribution in [0.5, 0.6) is 0 Å². The number of halogens is 1. The van der Waals surface area contributed by atoms with Crippen LogP contribution in [0.4, 0.5) is 11.5 Å². The first kappa shape index (κ1) is 15.5. The maximum absolute atomic E-state index is 11.3. The fourth-order valence-corrected chi connectivity index (χ4v) is 1.66.